The van der Waals surface area contributed by atoms with E-state index in [9.17, 15) is 4.79 Å². The Bertz CT molecular complexity index is 362. The van der Waals surface area contributed by atoms with E-state index in [0.717, 1.165) is 49.4 Å². The summed E-state index contributed by atoms with van der Waals surface area (Å²) in [6.45, 7) is 8.97. The van der Waals surface area contributed by atoms with Crippen LogP contribution in [-0.2, 0) is 9.53 Å². The van der Waals surface area contributed by atoms with Crippen LogP contribution >= 0.6 is 0 Å². The highest BCUT2D eigenvalue weighted by molar-refractivity contribution is 5.72. The molecule has 0 aromatic carbocycles. The molecule has 0 bridgehead atoms. The van der Waals surface area contributed by atoms with E-state index in [4.69, 9.17) is 4.74 Å². The van der Waals surface area contributed by atoms with Crippen molar-refractivity contribution in [2.75, 3.05) is 0 Å². The third kappa shape index (κ3) is 6.08. The first-order valence-corrected chi connectivity index (χ1v) is 10.7. The monoisotopic (exact) mass is 336 g/mol. The van der Waals surface area contributed by atoms with Crippen LogP contribution in [0.5, 0.6) is 0 Å². The van der Waals surface area contributed by atoms with Crippen LogP contribution in [0.2, 0.25) is 0 Å². The van der Waals surface area contributed by atoms with Crippen LogP contribution in [0.4, 0.5) is 0 Å². The van der Waals surface area contributed by atoms with Gasteiger partial charge in [-0.1, -0.05) is 40.0 Å². The van der Waals surface area contributed by atoms with Crippen molar-refractivity contribution >= 4 is 5.97 Å². The Morgan fingerprint density at radius 3 is 2.00 bits per heavy atom. The summed E-state index contributed by atoms with van der Waals surface area (Å²) >= 11 is 0. The Kier molecular flexibility index (Phi) is 8.10. The summed E-state index contributed by atoms with van der Waals surface area (Å²) in [5.41, 5.74) is 0. The maximum atomic E-state index is 12.4. The van der Waals surface area contributed by atoms with E-state index in [2.05, 4.69) is 27.7 Å². The lowest BCUT2D eigenvalue weighted by Gasteiger charge is -2.36. The maximum absolute atomic E-state index is 12.4. The predicted octanol–water partition coefficient (Wildman–Crippen LogP) is 6.38. The molecule has 0 saturated heterocycles. The summed E-state index contributed by atoms with van der Waals surface area (Å²) in [6.07, 6.45) is 13.8. The SMILES string of the molecule is CCC(C)CCC(C)OC(=O)C1CCC(C2CCC(C)CC2)CC1. The molecule has 2 heteroatoms. The predicted molar refractivity (Wildman–Crippen MR) is 101 cm³/mol. The molecule has 2 rings (SSSR count). The largest absolute Gasteiger partial charge is 0.462 e. The molecule has 0 aromatic heterocycles. The minimum atomic E-state index is 0.0855. The molecular formula is C22H40O2. The van der Waals surface area contributed by atoms with Crippen molar-refractivity contribution in [2.24, 2.45) is 29.6 Å². The zero-order valence-electron chi connectivity index (χ0n) is 16.6. The lowest BCUT2D eigenvalue weighted by molar-refractivity contribution is -0.155. The highest BCUT2D eigenvalue weighted by atomic mass is 16.5. The van der Waals surface area contributed by atoms with E-state index in [-0.39, 0.29) is 18.0 Å². The van der Waals surface area contributed by atoms with E-state index in [1.165, 1.54) is 44.9 Å². The van der Waals surface area contributed by atoms with Gasteiger partial charge in [0.25, 0.3) is 0 Å². The van der Waals surface area contributed by atoms with Gasteiger partial charge in [0, 0.05) is 0 Å². The Morgan fingerprint density at radius 2 is 1.46 bits per heavy atom. The first kappa shape index (κ1) is 19.8. The second kappa shape index (κ2) is 9.82. The first-order chi connectivity index (χ1) is 11.5. The van der Waals surface area contributed by atoms with Crippen molar-refractivity contribution < 1.29 is 9.53 Å². The molecule has 2 unspecified atom stereocenters. The van der Waals surface area contributed by atoms with E-state index < -0.39 is 0 Å². The molecule has 2 fully saturated rings. The number of carbonyl (C=O) groups is 1. The zero-order valence-corrected chi connectivity index (χ0v) is 16.6. The number of ether oxygens (including phenoxy) is 1. The zero-order chi connectivity index (χ0) is 17.5. The normalized spacial score (nSPS) is 33.7. The van der Waals surface area contributed by atoms with Crippen molar-refractivity contribution in [3.63, 3.8) is 0 Å². The third-order valence-electron chi connectivity index (χ3n) is 6.91. The van der Waals surface area contributed by atoms with Gasteiger partial charge in [-0.25, -0.2) is 0 Å². The molecule has 140 valence electrons. The van der Waals surface area contributed by atoms with Crippen molar-refractivity contribution in [1.82, 2.24) is 0 Å². The maximum Gasteiger partial charge on any atom is 0.309 e. The van der Waals surface area contributed by atoms with Crippen LogP contribution in [0.1, 0.15) is 98.3 Å². The Labute approximate surface area is 150 Å². The quantitative estimate of drug-likeness (QED) is 0.504. The summed E-state index contributed by atoms with van der Waals surface area (Å²) < 4.78 is 5.74. The van der Waals surface area contributed by atoms with Crippen molar-refractivity contribution in [3.05, 3.63) is 0 Å². The summed E-state index contributed by atoms with van der Waals surface area (Å²) in [5, 5.41) is 0. The number of esters is 1. The molecule has 2 aliphatic rings. The Hall–Kier alpha value is -0.530. The number of hydrogen-bond donors (Lipinski definition) is 0. The van der Waals surface area contributed by atoms with E-state index >= 15 is 0 Å². The van der Waals surface area contributed by atoms with Crippen LogP contribution in [0, 0.1) is 29.6 Å². The van der Waals surface area contributed by atoms with Gasteiger partial charge in [-0.05, 0) is 82.0 Å². The molecule has 24 heavy (non-hydrogen) atoms. The van der Waals surface area contributed by atoms with Crippen molar-refractivity contribution in [1.29, 1.82) is 0 Å². The van der Waals surface area contributed by atoms with Gasteiger partial charge in [-0.3, -0.25) is 4.79 Å². The second-order valence-electron chi connectivity index (χ2n) is 8.97. The highest BCUT2D eigenvalue weighted by Crippen LogP contribution is 2.41. The topological polar surface area (TPSA) is 26.3 Å². The fourth-order valence-electron chi connectivity index (χ4n) is 4.66. The molecule has 2 atom stereocenters. The molecule has 2 nitrogen and oxygen atoms in total. The van der Waals surface area contributed by atoms with Crippen LogP contribution in [0.25, 0.3) is 0 Å². The molecule has 0 heterocycles. The number of carbonyl (C=O) groups excluding carboxylic acids is 1. The van der Waals surface area contributed by atoms with Gasteiger partial charge < -0.3 is 4.74 Å². The summed E-state index contributed by atoms with van der Waals surface area (Å²) in [4.78, 5) is 12.4. The van der Waals surface area contributed by atoms with Crippen LogP contribution < -0.4 is 0 Å². The van der Waals surface area contributed by atoms with Crippen LogP contribution in [0.15, 0.2) is 0 Å². The molecule has 0 radical (unpaired) electrons. The van der Waals surface area contributed by atoms with Crippen molar-refractivity contribution in [2.45, 2.75) is 104 Å². The van der Waals surface area contributed by atoms with Crippen LogP contribution in [-0.4, -0.2) is 12.1 Å². The molecule has 0 aliphatic heterocycles. The minimum Gasteiger partial charge on any atom is -0.462 e. The molecule has 0 spiro atoms. The number of hydrogen-bond acceptors (Lipinski definition) is 2. The van der Waals surface area contributed by atoms with Gasteiger partial charge in [-0.15, -0.1) is 0 Å². The van der Waals surface area contributed by atoms with Gasteiger partial charge >= 0.3 is 5.97 Å². The molecule has 2 aliphatic carbocycles. The third-order valence-corrected chi connectivity index (χ3v) is 6.91. The molecule has 0 aromatic rings. The summed E-state index contributed by atoms with van der Waals surface area (Å²) in [7, 11) is 0. The average Bonchev–Trinajstić information content (AvgIpc) is 2.60. The van der Waals surface area contributed by atoms with Gasteiger partial charge in [0.1, 0.15) is 0 Å². The first-order valence-electron chi connectivity index (χ1n) is 10.7. The van der Waals surface area contributed by atoms with Gasteiger partial charge in [0.2, 0.25) is 0 Å². The average molecular weight is 337 g/mol. The smallest absolute Gasteiger partial charge is 0.309 e. The van der Waals surface area contributed by atoms with E-state index in [1.54, 1.807) is 0 Å². The Balaban J connectivity index is 1.66. The highest BCUT2D eigenvalue weighted by Gasteiger charge is 2.33. The van der Waals surface area contributed by atoms with E-state index in [0.29, 0.717) is 0 Å². The van der Waals surface area contributed by atoms with E-state index in [1.807, 2.05) is 0 Å². The standard InChI is InChI=1S/C22H40O2/c1-5-16(2)6-9-18(4)24-22(23)21-14-12-20(13-15-21)19-10-7-17(3)8-11-19/h16-21H,5-15H2,1-4H3. The van der Waals surface area contributed by atoms with Gasteiger partial charge in [0.05, 0.1) is 12.0 Å². The fraction of sp³-hybridized carbons (Fsp3) is 0.955. The van der Waals surface area contributed by atoms with Crippen LogP contribution in [0.3, 0.4) is 0 Å². The van der Waals surface area contributed by atoms with Gasteiger partial charge in [-0.2, -0.15) is 0 Å². The minimum absolute atomic E-state index is 0.0855. The van der Waals surface area contributed by atoms with Gasteiger partial charge in [0.15, 0.2) is 0 Å². The molecule has 2 saturated carbocycles. The van der Waals surface area contributed by atoms with Crippen molar-refractivity contribution in [3.8, 4) is 0 Å². The molecule has 0 N–H and O–H groups in total. The lowest BCUT2D eigenvalue weighted by atomic mass is 9.69. The molecule has 0 amide bonds. The Morgan fingerprint density at radius 1 is 0.917 bits per heavy atom. The summed E-state index contributed by atoms with van der Waals surface area (Å²) in [6, 6.07) is 0. The summed E-state index contributed by atoms with van der Waals surface area (Å²) in [5.74, 6) is 3.75. The number of rotatable bonds is 7. The molecular weight excluding hydrogens is 296 g/mol. The fourth-order valence-corrected chi connectivity index (χ4v) is 4.66. The lowest BCUT2D eigenvalue weighted by Crippen LogP contribution is -2.30. The second-order valence-corrected chi connectivity index (χ2v) is 8.97.